The molecule has 1 aliphatic heterocycles. The van der Waals surface area contributed by atoms with Crippen molar-refractivity contribution in [1.29, 1.82) is 0 Å². The van der Waals surface area contributed by atoms with Gasteiger partial charge in [0.05, 0.1) is 0 Å². The van der Waals surface area contributed by atoms with Crippen LogP contribution in [0.1, 0.15) is 26.2 Å². The van der Waals surface area contributed by atoms with Gasteiger partial charge in [0.25, 0.3) is 0 Å². The highest BCUT2D eigenvalue weighted by Gasteiger charge is 2.18. The molecule has 4 nitrogen and oxygen atoms in total. The molecule has 0 aromatic heterocycles. The topological polar surface area (TPSA) is 58.4 Å². The maximum Gasteiger partial charge on any atom is 0.221 e. The molecule has 1 rings (SSSR count). The van der Waals surface area contributed by atoms with Crippen LogP contribution >= 0.6 is 0 Å². The van der Waals surface area contributed by atoms with E-state index in [-0.39, 0.29) is 11.9 Å². The molecule has 0 spiro atoms. The summed E-state index contributed by atoms with van der Waals surface area (Å²) in [6.45, 7) is 3.96. The van der Waals surface area contributed by atoms with Crippen LogP contribution in [-0.4, -0.2) is 43.0 Å². The first-order valence-corrected chi connectivity index (χ1v) is 5.31. The van der Waals surface area contributed by atoms with Crippen LogP contribution < -0.4 is 11.1 Å². The van der Waals surface area contributed by atoms with Gasteiger partial charge in [-0.25, -0.2) is 0 Å². The van der Waals surface area contributed by atoms with Crippen molar-refractivity contribution in [2.45, 2.75) is 38.3 Å². The van der Waals surface area contributed by atoms with Gasteiger partial charge in [-0.1, -0.05) is 0 Å². The predicted octanol–water partition coefficient (Wildman–Crippen LogP) is -0.0659. The number of carbonyl (C=O) groups is 1. The third kappa shape index (κ3) is 4.07. The maximum atomic E-state index is 11.4. The lowest BCUT2D eigenvalue weighted by atomic mass is 10.1. The van der Waals surface area contributed by atoms with Crippen LogP contribution in [0.15, 0.2) is 0 Å². The van der Waals surface area contributed by atoms with E-state index in [1.54, 1.807) is 0 Å². The van der Waals surface area contributed by atoms with Gasteiger partial charge < -0.3 is 16.0 Å². The summed E-state index contributed by atoms with van der Waals surface area (Å²) < 4.78 is 0. The normalized spacial score (nSPS) is 25.8. The van der Waals surface area contributed by atoms with E-state index in [0.717, 1.165) is 19.5 Å². The Morgan fingerprint density at radius 1 is 1.71 bits per heavy atom. The highest BCUT2D eigenvalue weighted by molar-refractivity contribution is 5.76. The molecule has 1 aliphatic rings. The molecular formula is C10H21N3O. The first kappa shape index (κ1) is 11.5. The van der Waals surface area contributed by atoms with Crippen molar-refractivity contribution in [3.05, 3.63) is 0 Å². The van der Waals surface area contributed by atoms with E-state index in [0.29, 0.717) is 12.5 Å². The molecule has 1 saturated heterocycles. The van der Waals surface area contributed by atoms with Gasteiger partial charge in [-0.15, -0.1) is 0 Å². The number of carbonyl (C=O) groups excluding carboxylic acids is 1. The molecule has 0 saturated carbocycles. The fourth-order valence-corrected chi connectivity index (χ4v) is 1.86. The zero-order valence-electron chi connectivity index (χ0n) is 9.12. The zero-order chi connectivity index (χ0) is 10.6. The predicted molar refractivity (Wildman–Crippen MR) is 56.9 cm³/mol. The second-order valence-corrected chi connectivity index (χ2v) is 4.35. The number of amides is 1. The third-order valence-electron chi connectivity index (χ3n) is 2.50. The van der Waals surface area contributed by atoms with E-state index in [2.05, 4.69) is 17.3 Å². The summed E-state index contributed by atoms with van der Waals surface area (Å²) >= 11 is 0. The molecule has 0 aromatic carbocycles. The average molecular weight is 199 g/mol. The van der Waals surface area contributed by atoms with E-state index < -0.39 is 0 Å². The second-order valence-electron chi connectivity index (χ2n) is 4.35. The summed E-state index contributed by atoms with van der Waals surface area (Å²) in [4.78, 5) is 13.7. The average Bonchev–Trinajstić information content (AvgIpc) is 2.01. The van der Waals surface area contributed by atoms with Crippen LogP contribution in [0.2, 0.25) is 0 Å². The van der Waals surface area contributed by atoms with Gasteiger partial charge >= 0.3 is 0 Å². The molecule has 0 aromatic rings. The number of piperidine rings is 1. The van der Waals surface area contributed by atoms with Gasteiger partial charge in [0.1, 0.15) is 0 Å². The highest BCUT2D eigenvalue weighted by Crippen LogP contribution is 2.07. The summed E-state index contributed by atoms with van der Waals surface area (Å²) in [6.07, 6.45) is 2.69. The molecule has 0 bridgehead atoms. The molecule has 2 atom stereocenters. The van der Waals surface area contributed by atoms with Gasteiger partial charge in [0.2, 0.25) is 5.91 Å². The first-order valence-electron chi connectivity index (χ1n) is 5.31. The lowest BCUT2D eigenvalue weighted by Gasteiger charge is -2.30. The summed E-state index contributed by atoms with van der Waals surface area (Å²) in [6, 6.07) is 0.274. The lowest BCUT2D eigenvalue weighted by molar-refractivity contribution is -0.122. The summed E-state index contributed by atoms with van der Waals surface area (Å²) in [5.41, 5.74) is 5.55. The van der Waals surface area contributed by atoms with E-state index in [1.807, 2.05) is 6.92 Å². The molecule has 2 unspecified atom stereocenters. The monoisotopic (exact) mass is 199 g/mol. The number of nitrogens with two attached hydrogens (primary N) is 1. The Morgan fingerprint density at radius 2 is 2.43 bits per heavy atom. The zero-order valence-corrected chi connectivity index (χ0v) is 9.12. The third-order valence-corrected chi connectivity index (χ3v) is 2.50. The first-order chi connectivity index (χ1) is 6.58. The molecule has 3 N–H and O–H groups in total. The van der Waals surface area contributed by atoms with Crippen LogP contribution in [0.5, 0.6) is 0 Å². The van der Waals surface area contributed by atoms with Crippen molar-refractivity contribution in [1.82, 2.24) is 10.2 Å². The van der Waals surface area contributed by atoms with Crippen molar-refractivity contribution in [2.75, 3.05) is 20.1 Å². The van der Waals surface area contributed by atoms with E-state index in [9.17, 15) is 4.79 Å². The highest BCUT2D eigenvalue weighted by atomic mass is 16.1. The molecule has 82 valence electrons. The van der Waals surface area contributed by atoms with Gasteiger partial charge in [0, 0.05) is 25.0 Å². The summed E-state index contributed by atoms with van der Waals surface area (Å²) in [7, 11) is 2.09. The Balaban J connectivity index is 2.25. The summed E-state index contributed by atoms with van der Waals surface area (Å²) in [5, 5.41) is 3.02. The van der Waals surface area contributed by atoms with E-state index in [1.165, 1.54) is 6.42 Å². The molecule has 1 fully saturated rings. The molecule has 0 aliphatic carbocycles. The van der Waals surface area contributed by atoms with Crippen LogP contribution in [0, 0.1) is 0 Å². The van der Waals surface area contributed by atoms with Gasteiger partial charge in [-0.3, -0.25) is 4.79 Å². The lowest BCUT2D eigenvalue weighted by Crippen LogP contribution is -2.47. The van der Waals surface area contributed by atoms with Gasteiger partial charge in [-0.2, -0.15) is 0 Å². The standard InChI is InChI=1S/C10H21N3O/c1-8(11)6-10(14)12-9-4-3-5-13(2)7-9/h8-9H,3-7,11H2,1-2H3,(H,12,14). The minimum atomic E-state index is -0.0451. The second kappa shape index (κ2) is 5.32. The number of nitrogens with one attached hydrogen (secondary N) is 1. The largest absolute Gasteiger partial charge is 0.352 e. The Morgan fingerprint density at radius 3 is 3.00 bits per heavy atom. The minimum Gasteiger partial charge on any atom is -0.352 e. The maximum absolute atomic E-state index is 11.4. The van der Waals surface area contributed by atoms with Crippen molar-refractivity contribution < 1.29 is 4.79 Å². The minimum absolute atomic E-state index is 0.0451. The Bertz CT molecular complexity index is 194. The van der Waals surface area contributed by atoms with Gasteiger partial charge in [-0.05, 0) is 33.4 Å². The fraction of sp³-hybridized carbons (Fsp3) is 0.900. The summed E-state index contributed by atoms with van der Waals surface area (Å²) in [5.74, 6) is 0.0836. The van der Waals surface area contributed by atoms with Crippen LogP contribution in [0.25, 0.3) is 0 Å². The molecular weight excluding hydrogens is 178 g/mol. The van der Waals surface area contributed by atoms with Crippen molar-refractivity contribution in [3.8, 4) is 0 Å². The van der Waals surface area contributed by atoms with Crippen molar-refractivity contribution >= 4 is 5.91 Å². The Hall–Kier alpha value is -0.610. The quantitative estimate of drug-likeness (QED) is 0.669. The van der Waals surface area contributed by atoms with Crippen LogP contribution in [0.4, 0.5) is 0 Å². The van der Waals surface area contributed by atoms with Crippen molar-refractivity contribution in [3.63, 3.8) is 0 Å². The fourth-order valence-electron chi connectivity index (χ4n) is 1.86. The molecule has 0 radical (unpaired) electrons. The number of hydrogen-bond acceptors (Lipinski definition) is 3. The number of likely N-dealkylation sites (tertiary alicyclic amines) is 1. The van der Waals surface area contributed by atoms with Gasteiger partial charge in [0.15, 0.2) is 0 Å². The smallest absolute Gasteiger partial charge is 0.221 e. The number of likely N-dealkylation sites (N-methyl/N-ethyl adjacent to an activating group) is 1. The molecule has 1 amide bonds. The molecule has 4 heteroatoms. The van der Waals surface area contributed by atoms with E-state index in [4.69, 9.17) is 5.73 Å². The number of rotatable bonds is 3. The molecule has 14 heavy (non-hydrogen) atoms. The molecule has 1 heterocycles. The Kier molecular flexibility index (Phi) is 4.35. The van der Waals surface area contributed by atoms with Crippen molar-refractivity contribution in [2.24, 2.45) is 5.73 Å². The SMILES string of the molecule is CC(N)CC(=O)NC1CCCN(C)C1. The number of nitrogens with zero attached hydrogens (tertiary/aromatic N) is 1. The number of hydrogen-bond donors (Lipinski definition) is 2. The Labute approximate surface area is 85.8 Å². The van der Waals surface area contributed by atoms with E-state index >= 15 is 0 Å². The van der Waals surface area contributed by atoms with Crippen LogP contribution in [0.3, 0.4) is 0 Å². The van der Waals surface area contributed by atoms with Crippen LogP contribution in [-0.2, 0) is 4.79 Å².